The quantitative estimate of drug-likeness (QED) is 0.480. The number of benzene rings is 3. The van der Waals surface area contributed by atoms with Crippen molar-refractivity contribution in [2.45, 2.75) is 23.1 Å². The van der Waals surface area contributed by atoms with E-state index in [1.807, 2.05) is 60.7 Å². The molecule has 1 unspecified atom stereocenters. The van der Waals surface area contributed by atoms with E-state index in [0.717, 1.165) is 16.2 Å². The van der Waals surface area contributed by atoms with Gasteiger partial charge in [-0.3, -0.25) is 4.79 Å². The van der Waals surface area contributed by atoms with Crippen molar-refractivity contribution in [2.75, 3.05) is 5.32 Å². The standard InChI is InChI=1S/C22H21ClN2OS.ClH/c23-19-14-18(11-12-21(19)27-15-17-9-5-2-6-10-17)25-22(26)20(24)13-16-7-3-1-4-8-16;/h1-12,14,20H,13,15,24H2,(H,25,26);1H. The van der Waals surface area contributed by atoms with Gasteiger partial charge < -0.3 is 11.1 Å². The van der Waals surface area contributed by atoms with Crippen molar-refractivity contribution in [1.82, 2.24) is 0 Å². The van der Waals surface area contributed by atoms with Crippen molar-refractivity contribution >= 4 is 47.4 Å². The van der Waals surface area contributed by atoms with Crippen LogP contribution in [-0.2, 0) is 17.0 Å². The second kappa shape index (κ2) is 11.1. The summed E-state index contributed by atoms with van der Waals surface area (Å²) in [5.41, 5.74) is 8.95. The lowest BCUT2D eigenvalue weighted by Crippen LogP contribution is -2.37. The van der Waals surface area contributed by atoms with E-state index < -0.39 is 6.04 Å². The molecule has 0 radical (unpaired) electrons. The number of carbonyl (C=O) groups excluding carboxylic acids is 1. The summed E-state index contributed by atoms with van der Waals surface area (Å²) >= 11 is 8.05. The van der Waals surface area contributed by atoms with Crippen molar-refractivity contribution in [1.29, 1.82) is 0 Å². The van der Waals surface area contributed by atoms with Crippen LogP contribution in [0.25, 0.3) is 0 Å². The lowest BCUT2D eigenvalue weighted by Gasteiger charge is -2.13. The fraction of sp³-hybridized carbons (Fsp3) is 0.136. The van der Waals surface area contributed by atoms with Gasteiger partial charge in [0, 0.05) is 16.3 Å². The number of nitrogens with two attached hydrogens (primary N) is 1. The molecule has 0 aliphatic rings. The van der Waals surface area contributed by atoms with Crippen molar-refractivity contribution in [3.05, 3.63) is 95.0 Å². The van der Waals surface area contributed by atoms with E-state index in [4.69, 9.17) is 17.3 Å². The molecule has 0 aliphatic carbocycles. The first-order chi connectivity index (χ1) is 13.1. The summed E-state index contributed by atoms with van der Waals surface area (Å²) in [5.74, 6) is 0.619. The smallest absolute Gasteiger partial charge is 0.241 e. The Labute approximate surface area is 181 Å². The van der Waals surface area contributed by atoms with E-state index in [1.165, 1.54) is 5.56 Å². The zero-order valence-corrected chi connectivity index (χ0v) is 17.6. The number of rotatable bonds is 7. The van der Waals surface area contributed by atoms with Crippen molar-refractivity contribution in [2.24, 2.45) is 5.73 Å². The molecule has 3 nitrogen and oxygen atoms in total. The van der Waals surface area contributed by atoms with Crippen molar-refractivity contribution in [3.8, 4) is 0 Å². The number of thioether (sulfide) groups is 1. The Kier molecular flexibility index (Phi) is 8.87. The fourth-order valence-corrected chi connectivity index (χ4v) is 3.85. The summed E-state index contributed by atoms with van der Waals surface area (Å²) in [4.78, 5) is 13.3. The van der Waals surface area contributed by atoms with Gasteiger partial charge in [-0.05, 0) is 35.7 Å². The molecule has 0 fully saturated rings. The number of anilines is 1. The molecule has 1 atom stereocenters. The van der Waals surface area contributed by atoms with Gasteiger partial charge in [-0.15, -0.1) is 24.2 Å². The predicted octanol–water partition coefficient (Wildman–Crippen LogP) is 5.56. The lowest BCUT2D eigenvalue weighted by molar-refractivity contribution is -0.117. The minimum absolute atomic E-state index is 0. The molecular formula is C22H22Cl2N2OS. The first kappa shape index (κ1) is 22.3. The fourth-order valence-electron chi connectivity index (χ4n) is 2.63. The maximum atomic E-state index is 12.3. The highest BCUT2D eigenvalue weighted by Gasteiger charge is 2.15. The molecule has 0 saturated heterocycles. The molecule has 3 aromatic rings. The summed E-state index contributed by atoms with van der Waals surface area (Å²) in [6.45, 7) is 0. The average molecular weight is 433 g/mol. The van der Waals surface area contributed by atoms with Gasteiger partial charge >= 0.3 is 0 Å². The highest BCUT2D eigenvalue weighted by molar-refractivity contribution is 7.98. The van der Waals surface area contributed by atoms with Gasteiger partial charge in [0.1, 0.15) is 0 Å². The third-order valence-electron chi connectivity index (χ3n) is 4.07. The number of nitrogens with one attached hydrogen (secondary N) is 1. The molecule has 3 aromatic carbocycles. The molecular weight excluding hydrogens is 411 g/mol. The van der Waals surface area contributed by atoms with E-state index in [0.29, 0.717) is 17.1 Å². The van der Waals surface area contributed by atoms with Gasteiger partial charge in [0.05, 0.1) is 11.1 Å². The van der Waals surface area contributed by atoms with Crippen molar-refractivity contribution < 1.29 is 4.79 Å². The predicted molar refractivity (Wildman–Crippen MR) is 121 cm³/mol. The van der Waals surface area contributed by atoms with Gasteiger partial charge in [-0.1, -0.05) is 72.3 Å². The topological polar surface area (TPSA) is 55.1 Å². The molecule has 0 aliphatic heterocycles. The second-order valence-electron chi connectivity index (χ2n) is 6.20. The Morgan fingerprint density at radius 2 is 1.57 bits per heavy atom. The summed E-state index contributed by atoms with van der Waals surface area (Å²) in [6.07, 6.45) is 0.491. The first-order valence-electron chi connectivity index (χ1n) is 8.68. The zero-order chi connectivity index (χ0) is 19.1. The Hall–Kier alpha value is -1.98. The molecule has 28 heavy (non-hydrogen) atoms. The van der Waals surface area contributed by atoms with Crippen LogP contribution in [0.2, 0.25) is 5.02 Å². The van der Waals surface area contributed by atoms with Gasteiger partial charge in [0.25, 0.3) is 0 Å². The Bertz CT molecular complexity index is 892. The maximum Gasteiger partial charge on any atom is 0.241 e. The van der Waals surface area contributed by atoms with Crippen LogP contribution in [0.3, 0.4) is 0 Å². The Morgan fingerprint density at radius 1 is 0.964 bits per heavy atom. The normalized spacial score (nSPS) is 11.4. The SMILES string of the molecule is Cl.NC(Cc1ccccc1)C(=O)Nc1ccc(SCc2ccccc2)c(Cl)c1. The van der Waals surface area contributed by atoms with Gasteiger partial charge in [0.2, 0.25) is 5.91 Å². The summed E-state index contributed by atoms with van der Waals surface area (Å²) in [5, 5.41) is 3.46. The molecule has 3 rings (SSSR count). The zero-order valence-electron chi connectivity index (χ0n) is 15.2. The van der Waals surface area contributed by atoms with Gasteiger partial charge in [-0.2, -0.15) is 0 Å². The summed E-state index contributed by atoms with van der Waals surface area (Å²) in [7, 11) is 0. The third-order valence-corrected chi connectivity index (χ3v) is 5.64. The second-order valence-corrected chi connectivity index (χ2v) is 7.63. The Morgan fingerprint density at radius 3 is 2.18 bits per heavy atom. The van der Waals surface area contributed by atoms with E-state index in [2.05, 4.69) is 17.4 Å². The van der Waals surface area contributed by atoms with Crippen molar-refractivity contribution in [3.63, 3.8) is 0 Å². The van der Waals surface area contributed by atoms with Crippen LogP contribution < -0.4 is 11.1 Å². The molecule has 6 heteroatoms. The van der Waals surface area contributed by atoms with E-state index in [9.17, 15) is 4.79 Å². The van der Waals surface area contributed by atoms with Crippen LogP contribution in [0.5, 0.6) is 0 Å². The van der Waals surface area contributed by atoms with Crippen LogP contribution in [0.1, 0.15) is 11.1 Å². The van der Waals surface area contributed by atoms with E-state index in [1.54, 1.807) is 17.8 Å². The average Bonchev–Trinajstić information content (AvgIpc) is 2.69. The largest absolute Gasteiger partial charge is 0.325 e. The van der Waals surface area contributed by atoms with Crippen LogP contribution in [0.15, 0.2) is 83.8 Å². The summed E-state index contributed by atoms with van der Waals surface area (Å²) < 4.78 is 0. The van der Waals surface area contributed by atoms with Gasteiger partial charge in [0.15, 0.2) is 0 Å². The number of hydrogen-bond acceptors (Lipinski definition) is 3. The Balaban J connectivity index is 0.00000280. The molecule has 1 amide bonds. The maximum absolute atomic E-state index is 12.3. The molecule has 3 N–H and O–H groups in total. The van der Waals surface area contributed by atoms with Crippen LogP contribution in [0.4, 0.5) is 5.69 Å². The number of halogens is 2. The molecule has 0 saturated carbocycles. The molecule has 146 valence electrons. The number of amides is 1. The molecule has 0 aromatic heterocycles. The molecule has 0 heterocycles. The number of hydrogen-bond donors (Lipinski definition) is 2. The van der Waals surface area contributed by atoms with Gasteiger partial charge in [-0.25, -0.2) is 0 Å². The van der Waals surface area contributed by atoms with E-state index >= 15 is 0 Å². The minimum atomic E-state index is -0.613. The monoisotopic (exact) mass is 432 g/mol. The third kappa shape index (κ3) is 6.57. The molecule has 0 bridgehead atoms. The van der Waals surface area contributed by atoms with Crippen LogP contribution >= 0.6 is 35.8 Å². The van der Waals surface area contributed by atoms with Crippen LogP contribution in [0, 0.1) is 0 Å². The highest BCUT2D eigenvalue weighted by atomic mass is 35.5. The first-order valence-corrected chi connectivity index (χ1v) is 10.0. The number of carbonyl (C=O) groups is 1. The molecule has 0 spiro atoms. The van der Waals surface area contributed by atoms with E-state index in [-0.39, 0.29) is 18.3 Å². The van der Waals surface area contributed by atoms with Crippen LogP contribution in [-0.4, -0.2) is 11.9 Å². The summed E-state index contributed by atoms with van der Waals surface area (Å²) in [6, 6.07) is 24.9. The minimum Gasteiger partial charge on any atom is -0.325 e. The lowest BCUT2D eigenvalue weighted by atomic mass is 10.1. The highest BCUT2D eigenvalue weighted by Crippen LogP contribution is 2.31.